The lowest BCUT2D eigenvalue weighted by Crippen LogP contribution is -2.34. The first-order chi connectivity index (χ1) is 9.19. The van der Waals surface area contributed by atoms with Crippen LogP contribution in [-0.4, -0.2) is 23.9 Å². The Morgan fingerprint density at radius 1 is 1.47 bits per heavy atom. The predicted octanol–water partition coefficient (Wildman–Crippen LogP) is 2.25. The molecule has 0 atom stereocenters. The van der Waals surface area contributed by atoms with E-state index in [1.54, 1.807) is 6.07 Å². The predicted molar refractivity (Wildman–Crippen MR) is 76.5 cm³/mol. The third kappa shape index (κ3) is 3.72. The Labute approximate surface area is 114 Å². The van der Waals surface area contributed by atoms with E-state index in [2.05, 4.69) is 11.1 Å². The molecule has 0 aromatic heterocycles. The lowest BCUT2D eigenvalue weighted by molar-refractivity contribution is 0.486. The second kappa shape index (κ2) is 6.24. The second-order valence-electron chi connectivity index (χ2n) is 5.09. The molecule has 1 fully saturated rings. The molecule has 1 aromatic rings. The first-order valence-electron chi connectivity index (χ1n) is 6.72. The molecule has 1 aliphatic rings. The maximum atomic E-state index is 8.88. The summed E-state index contributed by atoms with van der Waals surface area (Å²) in [6.45, 7) is 0.678. The first-order valence-corrected chi connectivity index (χ1v) is 6.72. The highest BCUT2D eigenvalue weighted by atomic mass is 15.2. The van der Waals surface area contributed by atoms with Crippen LogP contribution < -0.4 is 5.73 Å². The van der Waals surface area contributed by atoms with Crippen LogP contribution in [0.25, 0.3) is 0 Å². The van der Waals surface area contributed by atoms with E-state index in [1.165, 1.54) is 12.8 Å². The summed E-state index contributed by atoms with van der Waals surface area (Å²) in [7, 11) is 1.94. The quantitative estimate of drug-likeness (QED) is 0.666. The molecule has 0 heterocycles. The van der Waals surface area contributed by atoms with Crippen molar-refractivity contribution in [2.24, 2.45) is 10.7 Å². The van der Waals surface area contributed by atoms with Crippen LogP contribution in [0.15, 0.2) is 29.3 Å². The molecule has 2 rings (SSSR count). The van der Waals surface area contributed by atoms with Crippen LogP contribution >= 0.6 is 0 Å². The fourth-order valence-corrected chi connectivity index (χ4v) is 2.41. The number of rotatable bonds is 3. The van der Waals surface area contributed by atoms with Crippen LogP contribution in [0, 0.1) is 11.3 Å². The molecule has 1 aliphatic carbocycles. The molecule has 0 aliphatic heterocycles. The van der Waals surface area contributed by atoms with Crippen molar-refractivity contribution in [2.45, 2.75) is 38.3 Å². The van der Waals surface area contributed by atoms with Crippen LogP contribution in [0.2, 0.25) is 0 Å². The number of hydrogen-bond acceptors (Lipinski definition) is 2. The average Bonchev–Trinajstić information content (AvgIpc) is 2.91. The molecule has 19 heavy (non-hydrogen) atoms. The molecule has 100 valence electrons. The Hall–Kier alpha value is -2.02. The van der Waals surface area contributed by atoms with Gasteiger partial charge in [0, 0.05) is 13.6 Å². The van der Waals surface area contributed by atoms with Gasteiger partial charge in [-0.05, 0) is 30.5 Å². The van der Waals surface area contributed by atoms with Crippen molar-refractivity contribution in [3.8, 4) is 6.07 Å². The van der Waals surface area contributed by atoms with Crippen LogP contribution in [-0.2, 0) is 6.54 Å². The van der Waals surface area contributed by atoms with E-state index in [-0.39, 0.29) is 0 Å². The number of guanidine groups is 1. The number of nitrogens with zero attached hydrogens (tertiary/aromatic N) is 3. The van der Waals surface area contributed by atoms with E-state index in [9.17, 15) is 0 Å². The van der Waals surface area contributed by atoms with Gasteiger partial charge in [-0.15, -0.1) is 0 Å². The van der Waals surface area contributed by atoms with Gasteiger partial charge < -0.3 is 10.6 Å². The van der Waals surface area contributed by atoms with Crippen LogP contribution in [0.5, 0.6) is 0 Å². The molecule has 1 saturated carbocycles. The van der Waals surface area contributed by atoms with Crippen molar-refractivity contribution < 1.29 is 0 Å². The number of nitrogens with two attached hydrogens (primary N) is 1. The van der Waals surface area contributed by atoms with Crippen molar-refractivity contribution >= 4 is 5.96 Å². The van der Waals surface area contributed by atoms with E-state index < -0.39 is 0 Å². The largest absolute Gasteiger partial charge is 0.370 e. The molecule has 0 bridgehead atoms. The Balaban J connectivity index is 1.99. The maximum Gasteiger partial charge on any atom is 0.191 e. The minimum absolute atomic E-state index is 0.396. The van der Waals surface area contributed by atoms with Crippen molar-refractivity contribution in [1.82, 2.24) is 4.90 Å². The lowest BCUT2D eigenvalue weighted by Gasteiger charge is -2.19. The lowest BCUT2D eigenvalue weighted by atomic mass is 10.1. The molecule has 1 aromatic carbocycles. The molecular formula is C15H20N4. The van der Waals surface area contributed by atoms with Crippen LogP contribution in [0.3, 0.4) is 0 Å². The molecule has 4 nitrogen and oxygen atoms in total. The minimum atomic E-state index is 0.396. The van der Waals surface area contributed by atoms with Crippen molar-refractivity contribution in [2.75, 3.05) is 7.05 Å². The number of benzene rings is 1. The Bertz CT molecular complexity index is 495. The molecule has 2 N–H and O–H groups in total. The van der Waals surface area contributed by atoms with Gasteiger partial charge in [-0.2, -0.15) is 5.26 Å². The summed E-state index contributed by atoms with van der Waals surface area (Å²) in [5.41, 5.74) is 7.78. The summed E-state index contributed by atoms with van der Waals surface area (Å²) in [5.74, 6) is 0.592. The van der Waals surface area contributed by atoms with Crippen molar-refractivity contribution in [3.05, 3.63) is 35.4 Å². The SMILES string of the molecule is CN(Cc1cccc(C#N)c1)C(N)=NC1CCCC1. The normalized spacial score (nSPS) is 16.3. The van der Waals surface area contributed by atoms with E-state index in [0.717, 1.165) is 18.4 Å². The maximum absolute atomic E-state index is 8.88. The zero-order chi connectivity index (χ0) is 13.7. The topological polar surface area (TPSA) is 65.4 Å². The van der Waals surface area contributed by atoms with Gasteiger partial charge in [0.15, 0.2) is 5.96 Å². The van der Waals surface area contributed by atoms with Gasteiger partial charge in [0.1, 0.15) is 0 Å². The zero-order valence-electron chi connectivity index (χ0n) is 11.3. The van der Waals surface area contributed by atoms with E-state index >= 15 is 0 Å². The standard InChI is InChI=1S/C15H20N4/c1-19(15(17)18-14-7-2-3-8-14)11-13-6-4-5-12(9-13)10-16/h4-6,9,14H,2-3,7-8,11H2,1H3,(H2,17,18). The van der Waals surface area contributed by atoms with Gasteiger partial charge in [0.05, 0.1) is 17.7 Å². The van der Waals surface area contributed by atoms with Gasteiger partial charge >= 0.3 is 0 Å². The fraction of sp³-hybridized carbons (Fsp3) is 0.467. The first kappa shape index (κ1) is 13.4. The Morgan fingerprint density at radius 2 is 2.21 bits per heavy atom. The summed E-state index contributed by atoms with van der Waals surface area (Å²) < 4.78 is 0. The zero-order valence-corrected chi connectivity index (χ0v) is 11.3. The van der Waals surface area contributed by atoms with Gasteiger partial charge in [-0.25, -0.2) is 4.99 Å². The minimum Gasteiger partial charge on any atom is -0.370 e. The van der Waals surface area contributed by atoms with E-state index in [1.807, 2.05) is 30.1 Å². The van der Waals surface area contributed by atoms with E-state index in [4.69, 9.17) is 11.0 Å². The number of hydrogen-bond donors (Lipinski definition) is 1. The molecule has 0 amide bonds. The number of nitriles is 1. The van der Waals surface area contributed by atoms with Gasteiger partial charge in [0.2, 0.25) is 0 Å². The average molecular weight is 256 g/mol. The summed E-state index contributed by atoms with van der Waals surface area (Å²) in [6.07, 6.45) is 4.82. The van der Waals surface area contributed by atoms with Crippen molar-refractivity contribution in [1.29, 1.82) is 5.26 Å². The molecule has 0 radical (unpaired) electrons. The summed E-state index contributed by atoms with van der Waals surface area (Å²) >= 11 is 0. The highest BCUT2D eigenvalue weighted by molar-refractivity contribution is 5.78. The Kier molecular flexibility index (Phi) is 4.40. The summed E-state index contributed by atoms with van der Waals surface area (Å²) in [6, 6.07) is 10.1. The smallest absolute Gasteiger partial charge is 0.191 e. The highest BCUT2D eigenvalue weighted by Gasteiger charge is 2.15. The fourth-order valence-electron chi connectivity index (χ4n) is 2.41. The van der Waals surface area contributed by atoms with Gasteiger partial charge in [0.25, 0.3) is 0 Å². The monoisotopic (exact) mass is 256 g/mol. The summed E-state index contributed by atoms with van der Waals surface area (Å²) in [5, 5.41) is 8.88. The second-order valence-corrected chi connectivity index (χ2v) is 5.09. The van der Waals surface area contributed by atoms with Crippen LogP contribution in [0.1, 0.15) is 36.8 Å². The highest BCUT2D eigenvalue weighted by Crippen LogP contribution is 2.21. The molecule has 0 saturated heterocycles. The molecular weight excluding hydrogens is 236 g/mol. The molecule has 4 heteroatoms. The molecule has 0 spiro atoms. The van der Waals surface area contributed by atoms with Crippen molar-refractivity contribution in [3.63, 3.8) is 0 Å². The van der Waals surface area contributed by atoms with Gasteiger partial charge in [-0.3, -0.25) is 0 Å². The Morgan fingerprint density at radius 3 is 2.89 bits per heavy atom. The van der Waals surface area contributed by atoms with Gasteiger partial charge in [-0.1, -0.05) is 25.0 Å². The molecule has 0 unspecified atom stereocenters. The third-order valence-corrected chi connectivity index (χ3v) is 3.51. The summed E-state index contributed by atoms with van der Waals surface area (Å²) in [4.78, 5) is 6.51. The van der Waals surface area contributed by atoms with Crippen LogP contribution in [0.4, 0.5) is 0 Å². The third-order valence-electron chi connectivity index (χ3n) is 3.51. The van der Waals surface area contributed by atoms with E-state index in [0.29, 0.717) is 24.1 Å². The number of aliphatic imine (C=N–C) groups is 1.